The van der Waals surface area contributed by atoms with Crippen LogP contribution in [0, 0.1) is 12.3 Å². The zero-order chi connectivity index (χ0) is 6.24. The second-order valence-electron chi connectivity index (χ2n) is 1.60. The van der Waals surface area contributed by atoms with Crippen LogP contribution >= 0.6 is 0 Å². The largest absolute Gasteiger partial charge is 0.0888 e. The summed E-state index contributed by atoms with van der Waals surface area (Å²) in [7, 11) is 0. The predicted octanol–water partition coefficient (Wildman–Crippen LogP) is 2.32. The summed E-state index contributed by atoms with van der Waals surface area (Å²) in [5, 5.41) is 0. The maximum absolute atomic E-state index is 6.55. The van der Waals surface area contributed by atoms with Crippen LogP contribution in [0.5, 0.6) is 0 Å². The number of allylic oxidation sites excluding steroid dienone is 2. The lowest BCUT2D eigenvalue weighted by Crippen LogP contribution is -1.61. The zero-order valence-electron chi connectivity index (χ0n) is 5.28. The fraction of sp³-hybridized carbons (Fsp3) is 0.500. The van der Waals surface area contributed by atoms with Crippen molar-refractivity contribution in [1.29, 1.82) is 0 Å². The van der Waals surface area contributed by atoms with Crippen molar-refractivity contribution in [3.8, 4) is 5.92 Å². The first-order valence-corrected chi connectivity index (χ1v) is 2.96. The van der Waals surface area contributed by atoms with Gasteiger partial charge in [-0.05, 0) is 19.3 Å². The van der Waals surface area contributed by atoms with Gasteiger partial charge in [-0.25, -0.2) is 0 Å². The summed E-state index contributed by atoms with van der Waals surface area (Å²) in [5.74, 6) is 2.33. The third-order valence-electron chi connectivity index (χ3n) is 0.838. The van der Waals surface area contributed by atoms with E-state index in [4.69, 9.17) is 6.42 Å². The molecule has 0 unspecified atom stereocenters. The Labute approximate surface area is 51.6 Å². The number of hydrogen-bond donors (Lipinski definition) is 0. The maximum atomic E-state index is 6.55. The molecule has 0 aromatic carbocycles. The number of unbranched alkanes of at least 4 members (excludes halogenated alkanes) is 1. The molecule has 0 saturated carbocycles. The fourth-order valence-corrected chi connectivity index (χ4v) is 0.440. The van der Waals surface area contributed by atoms with Gasteiger partial charge in [0, 0.05) is 6.42 Å². The van der Waals surface area contributed by atoms with Gasteiger partial charge in [0.1, 0.15) is 0 Å². The lowest BCUT2D eigenvalue weighted by atomic mass is 10.3. The Morgan fingerprint density at radius 1 is 1.50 bits per heavy atom. The van der Waals surface area contributed by atoms with Crippen LogP contribution in [-0.4, -0.2) is 0 Å². The Kier molecular flexibility index (Phi) is 5.75. The minimum atomic E-state index is 0.760. The van der Waals surface area contributed by atoms with Crippen LogP contribution in [0.3, 0.4) is 0 Å². The molecule has 1 radical (unpaired) electrons. The van der Waals surface area contributed by atoms with Crippen molar-refractivity contribution in [2.75, 3.05) is 0 Å². The quantitative estimate of drug-likeness (QED) is 0.295. The molecule has 0 heterocycles. The molecule has 0 aliphatic rings. The van der Waals surface area contributed by atoms with Gasteiger partial charge in [-0.3, -0.25) is 0 Å². The smallest absolute Gasteiger partial charge is 0.0133 e. The molecule has 8 heavy (non-hydrogen) atoms. The van der Waals surface area contributed by atoms with E-state index in [9.17, 15) is 0 Å². The van der Waals surface area contributed by atoms with Gasteiger partial charge in [-0.1, -0.05) is 25.0 Å². The SMILES string of the molecule is [C]#CCC/C=C\CC. The van der Waals surface area contributed by atoms with Gasteiger partial charge in [0.25, 0.3) is 0 Å². The van der Waals surface area contributed by atoms with Gasteiger partial charge in [0.2, 0.25) is 0 Å². The molecule has 0 N–H and O–H groups in total. The molecule has 0 aromatic rings. The molecule has 0 aromatic heterocycles. The first kappa shape index (κ1) is 7.30. The molecule has 0 nitrogen and oxygen atoms in total. The molecule has 0 aliphatic heterocycles. The van der Waals surface area contributed by atoms with Crippen LogP contribution in [0.1, 0.15) is 26.2 Å². The lowest BCUT2D eigenvalue weighted by Gasteiger charge is -1.79. The lowest BCUT2D eigenvalue weighted by molar-refractivity contribution is 1.06. The first-order valence-electron chi connectivity index (χ1n) is 2.96. The molecular formula is C8H11. The molecule has 0 bridgehead atoms. The summed E-state index contributed by atoms with van der Waals surface area (Å²) < 4.78 is 0. The third-order valence-corrected chi connectivity index (χ3v) is 0.838. The first-order chi connectivity index (χ1) is 3.91. The zero-order valence-corrected chi connectivity index (χ0v) is 5.28. The van der Waals surface area contributed by atoms with E-state index in [2.05, 4.69) is 25.0 Å². The van der Waals surface area contributed by atoms with Crippen LogP contribution in [-0.2, 0) is 0 Å². The standard InChI is InChI=1S/C8H11/c1-3-5-7-8-6-4-2/h5,7H,3,6,8H2,1H3/b7-5-. The van der Waals surface area contributed by atoms with Crippen LogP contribution < -0.4 is 0 Å². The predicted molar refractivity (Wildman–Crippen MR) is 35.8 cm³/mol. The van der Waals surface area contributed by atoms with Crippen LogP contribution in [0.25, 0.3) is 0 Å². The third kappa shape index (κ3) is 5.30. The van der Waals surface area contributed by atoms with Gasteiger partial charge in [-0.2, -0.15) is 0 Å². The average molecular weight is 107 g/mol. The number of hydrogen-bond acceptors (Lipinski definition) is 0. The summed E-state index contributed by atoms with van der Waals surface area (Å²) in [6.07, 6.45) is 13.6. The minimum absolute atomic E-state index is 0.760. The highest BCUT2D eigenvalue weighted by Crippen LogP contribution is 1.89. The summed E-state index contributed by atoms with van der Waals surface area (Å²) in [5.41, 5.74) is 0. The molecule has 0 atom stereocenters. The monoisotopic (exact) mass is 107 g/mol. The van der Waals surface area contributed by atoms with Crippen molar-refractivity contribution in [3.05, 3.63) is 18.6 Å². The van der Waals surface area contributed by atoms with E-state index >= 15 is 0 Å². The topological polar surface area (TPSA) is 0 Å². The van der Waals surface area contributed by atoms with Crippen molar-refractivity contribution >= 4 is 0 Å². The Morgan fingerprint density at radius 2 is 2.25 bits per heavy atom. The van der Waals surface area contributed by atoms with Gasteiger partial charge in [-0.15, -0.1) is 0 Å². The molecule has 0 saturated heterocycles. The van der Waals surface area contributed by atoms with Crippen molar-refractivity contribution in [2.24, 2.45) is 0 Å². The van der Waals surface area contributed by atoms with Crippen molar-refractivity contribution in [3.63, 3.8) is 0 Å². The van der Waals surface area contributed by atoms with E-state index in [1.807, 2.05) is 0 Å². The Balaban J connectivity index is 2.94. The van der Waals surface area contributed by atoms with Crippen LogP contribution in [0.2, 0.25) is 0 Å². The van der Waals surface area contributed by atoms with Gasteiger partial charge < -0.3 is 0 Å². The van der Waals surface area contributed by atoms with E-state index in [-0.39, 0.29) is 0 Å². The van der Waals surface area contributed by atoms with E-state index in [0.717, 1.165) is 19.3 Å². The average Bonchev–Trinajstić information content (AvgIpc) is 1.81. The minimum Gasteiger partial charge on any atom is -0.0888 e. The molecule has 0 amide bonds. The van der Waals surface area contributed by atoms with Crippen molar-refractivity contribution in [2.45, 2.75) is 26.2 Å². The Hall–Kier alpha value is -0.700. The van der Waals surface area contributed by atoms with E-state index < -0.39 is 0 Å². The Bertz CT molecular complexity index is 93.1. The molecule has 43 valence electrons. The second kappa shape index (κ2) is 6.30. The highest BCUT2D eigenvalue weighted by Gasteiger charge is 1.71. The Morgan fingerprint density at radius 3 is 2.75 bits per heavy atom. The van der Waals surface area contributed by atoms with Gasteiger partial charge in [0.15, 0.2) is 0 Å². The molecule has 0 rings (SSSR count). The fourth-order valence-electron chi connectivity index (χ4n) is 0.440. The highest BCUT2D eigenvalue weighted by molar-refractivity contribution is 4.86. The highest BCUT2D eigenvalue weighted by atomic mass is 13.8. The maximum Gasteiger partial charge on any atom is 0.0133 e. The van der Waals surface area contributed by atoms with E-state index in [1.54, 1.807) is 0 Å². The van der Waals surface area contributed by atoms with Gasteiger partial charge in [0.05, 0.1) is 0 Å². The second-order valence-corrected chi connectivity index (χ2v) is 1.60. The van der Waals surface area contributed by atoms with Crippen molar-refractivity contribution < 1.29 is 0 Å². The summed E-state index contributed by atoms with van der Waals surface area (Å²) in [6, 6.07) is 0. The van der Waals surface area contributed by atoms with Crippen molar-refractivity contribution in [1.82, 2.24) is 0 Å². The molecule has 0 heteroatoms. The van der Waals surface area contributed by atoms with E-state index in [1.165, 1.54) is 0 Å². The molecular weight excluding hydrogens is 96.1 g/mol. The summed E-state index contributed by atoms with van der Waals surface area (Å²) in [6.45, 7) is 2.10. The molecule has 0 aliphatic carbocycles. The molecule has 0 fully saturated rings. The number of rotatable bonds is 3. The van der Waals surface area contributed by atoms with Crippen LogP contribution in [0.15, 0.2) is 12.2 Å². The summed E-state index contributed by atoms with van der Waals surface area (Å²) >= 11 is 0. The van der Waals surface area contributed by atoms with Gasteiger partial charge >= 0.3 is 0 Å². The van der Waals surface area contributed by atoms with E-state index in [0.29, 0.717) is 0 Å². The molecule has 0 spiro atoms. The normalized spacial score (nSPS) is 9.50. The summed E-state index contributed by atoms with van der Waals surface area (Å²) in [4.78, 5) is 0. The van der Waals surface area contributed by atoms with Crippen LogP contribution in [0.4, 0.5) is 0 Å².